The van der Waals surface area contributed by atoms with Crippen molar-refractivity contribution < 1.29 is 17.9 Å². The normalized spacial score (nSPS) is 23.1. The molecule has 0 spiro atoms. The standard InChI is InChI=1S/C6H9F3O/c7-6(8,9)5-1-3-10-4-2-5/h5H,1-4H2. The van der Waals surface area contributed by atoms with Crippen LogP contribution in [0.3, 0.4) is 0 Å². The fourth-order valence-corrected chi connectivity index (χ4v) is 1.02. The quantitative estimate of drug-likeness (QED) is 0.518. The van der Waals surface area contributed by atoms with Gasteiger partial charge in [0.05, 0.1) is 5.92 Å². The van der Waals surface area contributed by atoms with Gasteiger partial charge in [0, 0.05) is 13.2 Å². The van der Waals surface area contributed by atoms with E-state index in [-0.39, 0.29) is 26.1 Å². The second kappa shape index (κ2) is 2.78. The van der Waals surface area contributed by atoms with E-state index in [9.17, 15) is 13.2 Å². The summed E-state index contributed by atoms with van der Waals surface area (Å²) >= 11 is 0. The predicted octanol–water partition coefficient (Wildman–Crippen LogP) is 1.98. The van der Waals surface area contributed by atoms with Crippen molar-refractivity contribution in [1.29, 1.82) is 0 Å². The molecule has 1 heterocycles. The van der Waals surface area contributed by atoms with Crippen LogP contribution in [0.25, 0.3) is 0 Å². The number of ether oxygens (including phenoxy) is 1. The molecule has 60 valence electrons. The Hall–Kier alpha value is -0.250. The molecule has 0 saturated carbocycles. The van der Waals surface area contributed by atoms with Crippen LogP contribution in [-0.2, 0) is 4.74 Å². The molecule has 0 bridgehead atoms. The van der Waals surface area contributed by atoms with Crippen molar-refractivity contribution >= 4 is 0 Å². The molecule has 0 radical (unpaired) electrons. The lowest BCUT2D eigenvalue weighted by Crippen LogP contribution is -2.29. The van der Waals surface area contributed by atoms with Gasteiger partial charge < -0.3 is 4.74 Å². The first kappa shape index (κ1) is 7.85. The summed E-state index contributed by atoms with van der Waals surface area (Å²) in [5.41, 5.74) is 0. The minimum absolute atomic E-state index is 0.128. The first-order chi connectivity index (χ1) is 4.61. The average Bonchev–Trinajstić information content (AvgIpc) is 1.88. The molecule has 0 aromatic rings. The highest BCUT2D eigenvalue weighted by Gasteiger charge is 2.39. The number of rotatable bonds is 0. The van der Waals surface area contributed by atoms with E-state index in [0.29, 0.717) is 0 Å². The van der Waals surface area contributed by atoms with Gasteiger partial charge in [-0.2, -0.15) is 13.2 Å². The van der Waals surface area contributed by atoms with Crippen LogP contribution in [0.2, 0.25) is 0 Å². The summed E-state index contributed by atoms with van der Waals surface area (Å²) in [5, 5.41) is 0. The minimum Gasteiger partial charge on any atom is -0.381 e. The molecule has 1 nitrogen and oxygen atoms in total. The first-order valence-electron chi connectivity index (χ1n) is 3.25. The molecule has 0 aliphatic carbocycles. The van der Waals surface area contributed by atoms with Gasteiger partial charge in [0.2, 0.25) is 0 Å². The van der Waals surface area contributed by atoms with Crippen molar-refractivity contribution in [3.8, 4) is 0 Å². The van der Waals surface area contributed by atoms with Crippen molar-refractivity contribution in [3.05, 3.63) is 0 Å². The van der Waals surface area contributed by atoms with E-state index in [1.54, 1.807) is 0 Å². The summed E-state index contributed by atoms with van der Waals surface area (Å²) in [6.45, 7) is 0.508. The van der Waals surface area contributed by atoms with Crippen LogP contribution in [0, 0.1) is 5.92 Å². The average molecular weight is 154 g/mol. The van der Waals surface area contributed by atoms with Crippen LogP contribution in [0.4, 0.5) is 13.2 Å². The Labute approximate surface area is 57.2 Å². The Morgan fingerprint density at radius 3 is 1.90 bits per heavy atom. The van der Waals surface area contributed by atoms with Crippen LogP contribution in [0.5, 0.6) is 0 Å². The summed E-state index contributed by atoms with van der Waals surface area (Å²) in [4.78, 5) is 0. The fourth-order valence-electron chi connectivity index (χ4n) is 1.02. The van der Waals surface area contributed by atoms with Crippen LogP contribution in [0.15, 0.2) is 0 Å². The molecule has 10 heavy (non-hydrogen) atoms. The van der Waals surface area contributed by atoms with E-state index in [0.717, 1.165) is 0 Å². The van der Waals surface area contributed by atoms with E-state index in [1.807, 2.05) is 0 Å². The second-order valence-corrected chi connectivity index (χ2v) is 2.43. The number of hydrogen-bond acceptors (Lipinski definition) is 1. The van der Waals surface area contributed by atoms with E-state index in [1.165, 1.54) is 0 Å². The lowest BCUT2D eigenvalue weighted by molar-refractivity contribution is -0.192. The van der Waals surface area contributed by atoms with Gasteiger partial charge in [-0.25, -0.2) is 0 Å². The minimum atomic E-state index is -4.01. The third-order valence-corrected chi connectivity index (χ3v) is 1.68. The van der Waals surface area contributed by atoms with Crippen LogP contribution in [-0.4, -0.2) is 19.4 Å². The molecule has 0 amide bonds. The third-order valence-electron chi connectivity index (χ3n) is 1.68. The van der Waals surface area contributed by atoms with Gasteiger partial charge >= 0.3 is 6.18 Å². The zero-order chi connectivity index (χ0) is 7.61. The largest absolute Gasteiger partial charge is 0.391 e. The summed E-state index contributed by atoms with van der Waals surface area (Å²) in [6.07, 6.45) is -3.75. The van der Waals surface area contributed by atoms with Gasteiger partial charge in [0.1, 0.15) is 0 Å². The molecule has 0 unspecified atom stereocenters. The smallest absolute Gasteiger partial charge is 0.381 e. The molecule has 1 aliphatic heterocycles. The molecule has 0 aromatic heterocycles. The van der Waals surface area contributed by atoms with E-state index < -0.39 is 12.1 Å². The maximum atomic E-state index is 11.9. The maximum Gasteiger partial charge on any atom is 0.391 e. The summed E-state index contributed by atoms with van der Waals surface area (Å²) in [7, 11) is 0. The molecule has 0 N–H and O–H groups in total. The molecule has 1 aliphatic rings. The summed E-state index contributed by atoms with van der Waals surface area (Å²) in [5.74, 6) is -1.12. The lowest BCUT2D eigenvalue weighted by Gasteiger charge is -2.23. The Bertz CT molecular complexity index is 104. The van der Waals surface area contributed by atoms with Crippen LogP contribution >= 0.6 is 0 Å². The number of hydrogen-bond donors (Lipinski definition) is 0. The van der Waals surface area contributed by atoms with Gasteiger partial charge in [-0.3, -0.25) is 0 Å². The first-order valence-corrected chi connectivity index (χ1v) is 3.25. The molecule has 1 fully saturated rings. The Morgan fingerprint density at radius 2 is 1.60 bits per heavy atom. The third kappa shape index (κ3) is 1.87. The highest BCUT2D eigenvalue weighted by atomic mass is 19.4. The van der Waals surface area contributed by atoms with Crippen molar-refractivity contribution in [2.24, 2.45) is 5.92 Å². The predicted molar refractivity (Wildman–Crippen MR) is 29.6 cm³/mol. The van der Waals surface area contributed by atoms with Crippen molar-refractivity contribution in [2.75, 3.05) is 13.2 Å². The topological polar surface area (TPSA) is 9.23 Å². The molecule has 1 rings (SSSR count). The van der Waals surface area contributed by atoms with Gasteiger partial charge in [0.25, 0.3) is 0 Å². The molecular weight excluding hydrogens is 145 g/mol. The summed E-state index contributed by atoms with van der Waals surface area (Å²) in [6, 6.07) is 0. The van der Waals surface area contributed by atoms with Gasteiger partial charge in [-0.05, 0) is 12.8 Å². The zero-order valence-corrected chi connectivity index (χ0v) is 5.45. The Balaban J connectivity index is 2.39. The van der Waals surface area contributed by atoms with E-state index >= 15 is 0 Å². The monoisotopic (exact) mass is 154 g/mol. The van der Waals surface area contributed by atoms with Gasteiger partial charge in [0.15, 0.2) is 0 Å². The summed E-state index contributed by atoms with van der Waals surface area (Å²) < 4.78 is 40.5. The molecule has 0 aromatic carbocycles. The van der Waals surface area contributed by atoms with Crippen molar-refractivity contribution in [2.45, 2.75) is 19.0 Å². The number of alkyl halides is 3. The van der Waals surface area contributed by atoms with Crippen LogP contribution < -0.4 is 0 Å². The lowest BCUT2D eigenvalue weighted by atomic mass is 10.0. The Kier molecular flexibility index (Phi) is 2.18. The zero-order valence-electron chi connectivity index (χ0n) is 5.45. The molecule has 0 atom stereocenters. The van der Waals surface area contributed by atoms with Crippen LogP contribution in [0.1, 0.15) is 12.8 Å². The fraction of sp³-hybridized carbons (Fsp3) is 1.00. The highest BCUT2D eigenvalue weighted by Crippen LogP contribution is 2.33. The number of halogens is 3. The molecular formula is C6H9F3O. The van der Waals surface area contributed by atoms with Crippen molar-refractivity contribution in [1.82, 2.24) is 0 Å². The van der Waals surface area contributed by atoms with Gasteiger partial charge in [-0.1, -0.05) is 0 Å². The highest BCUT2D eigenvalue weighted by molar-refractivity contribution is 4.70. The molecule has 4 heteroatoms. The van der Waals surface area contributed by atoms with Gasteiger partial charge in [-0.15, -0.1) is 0 Å². The van der Waals surface area contributed by atoms with Crippen molar-refractivity contribution in [3.63, 3.8) is 0 Å². The SMILES string of the molecule is FC(F)(F)C1CCOCC1. The second-order valence-electron chi connectivity index (χ2n) is 2.43. The Morgan fingerprint density at radius 1 is 1.10 bits per heavy atom. The van der Waals surface area contributed by atoms with E-state index in [4.69, 9.17) is 4.74 Å². The van der Waals surface area contributed by atoms with E-state index in [2.05, 4.69) is 0 Å². The maximum absolute atomic E-state index is 11.9. The molecule has 1 saturated heterocycles.